The van der Waals surface area contributed by atoms with Gasteiger partial charge < -0.3 is 20.4 Å². The van der Waals surface area contributed by atoms with Crippen LogP contribution < -0.4 is 16.0 Å². The molecule has 0 bridgehead atoms. The van der Waals surface area contributed by atoms with Crippen molar-refractivity contribution >= 4 is 38.7 Å². The second-order valence-electron chi connectivity index (χ2n) is 13.4. The van der Waals surface area contributed by atoms with Gasteiger partial charge >= 0.3 is 12.4 Å². The highest BCUT2D eigenvalue weighted by Gasteiger charge is 2.31. The number of hydrogen-bond donors (Lipinski definition) is 3. The molecule has 7 aromatic rings. The van der Waals surface area contributed by atoms with Crippen LogP contribution in [0, 0.1) is 27.7 Å². The Bertz CT molecular complexity index is 2780. The summed E-state index contributed by atoms with van der Waals surface area (Å²) < 4.78 is 117. The van der Waals surface area contributed by atoms with E-state index in [1.807, 2.05) is 0 Å². The maximum absolute atomic E-state index is 13.9. The number of nitrogens with zero attached hydrogens (tertiary/aromatic N) is 8. The van der Waals surface area contributed by atoms with Crippen LogP contribution in [-0.4, -0.2) is 47.9 Å². The number of aromatic nitrogens is 8. The van der Waals surface area contributed by atoms with E-state index in [2.05, 4.69) is 46.1 Å². The molecule has 0 atom stereocenters. The van der Waals surface area contributed by atoms with Crippen LogP contribution in [0.1, 0.15) is 45.6 Å². The number of benzene rings is 2. The number of alkyl halides is 6. The summed E-state index contributed by atoms with van der Waals surface area (Å²) in [5.41, 5.74) is 1.02. The molecule has 0 aliphatic carbocycles. The summed E-state index contributed by atoms with van der Waals surface area (Å²) in [6.07, 6.45) is -7.93. The molecule has 0 saturated heterocycles. The number of rotatable bonds is 12. The lowest BCUT2D eigenvalue weighted by Gasteiger charge is -2.13. The zero-order chi connectivity index (χ0) is 42.3. The fourth-order valence-corrected chi connectivity index (χ4v) is 7.25. The van der Waals surface area contributed by atoms with Crippen molar-refractivity contribution in [3.63, 3.8) is 0 Å². The Kier molecular flexibility index (Phi) is 10.6. The number of nitrogens with one attached hydrogen (secondary N) is 3. The molecule has 0 aliphatic rings. The molecule has 2 aromatic carbocycles. The third-order valence-corrected chi connectivity index (χ3v) is 10.2. The van der Waals surface area contributed by atoms with Crippen molar-refractivity contribution < 1.29 is 39.2 Å². The average Bonchev–Trinajstić information content (AvgIpc) is 3.86. The van der Waals surface area contributed by atoms with Gasteiger partial charge in [0, 0.05) is 34.9 Å². The second-order valence-corrected chi connectivity index (χ2v) is 15.4. The van der Waals surface area contributed by atoms with Crippen LogP contribution in [0.25, 0.3) is 11.8 Å². The van der Waals surface area contributed by atoms with Gasteiger partial charge in [0.2, 0.25) is 5.89 Å². The van der Waals surface area contributed by atoms with Gasteiger partial charge in [0.15, 0.2) is 15.7 Å². The summed E-state index contributed by atoms with van der Waals surface area (Å²) in [4.78, 5) is 17.4. The van der Waals surface area contributed by atoms with Crippen LogP contribution in [0.15, 0.2) is 94.4 Å². The molecule has 7 rings (SSSR count). The number of sulfone groups is 1. The van der Waals surface area contributed by atoms with Crippen LogP contribution >= 0.6 is 0 Å². The molecule has 0 saturated carbocycles. The molecule has 0 fully saturated rings. The van der Waals surface area contributed by atoms with E-state index in [1.165, 1.54) is 58.0 Å². The summed E-state index contributed by atoms with van der Waals surface area (Å²) in [5, 5.41) is 17.5. The number of pyridine rings is 1. The van der Waals surface area contributed by atoms with Crippen molar-refractivity contribution in [1.29, 1.82) is 0 Å². The first-order valence-electron chi connectivity index (χ1n) is 17.6. The first-order chi connectivity index (χ1) is 27.8. The lowest BCUT2D eigenvalue weighted by atomic mass is 10.2. The third kappa shape index (κ3) is 9.52. The van der Waals surface area contributed by atoms with E-state index in [9.17, 15) is 34.8 Å². The lowest BCUT2D eigenvalue weighted by molar-refractivity contribution is -0.138. The number of aryl methyl sites for hydroxylation is 4. The number of hydrogen-bond acceptors (Lipinski definition) is 12. The Morgan fingerprint density at radius 1 is 0.678 bits per heavy atom. The van der Waals surface area contributed by atoms with Crippen LogP contribution in [0.4, 0.5) is 55.2 Å². The van der Waals surface area contributed by atoms with Gasteiger partial charge in [-0.25, -0.2) is 27.7 Å². The Hall–Kier alpha value is -6.77. The topological polar surface area (TPSA) is 171 Å². The summed E-state index contributed by atoms with van der Waals surface area (Å²) in [5.74, 6) is -0.114. The van der Waals surface area contributed by atoms with E-state index in [1.54, 1.807) is 39.8 Å². The molecule has 21 heteroatoms. The van der Waals surface area contributed by atoms with Gasteiger partial charge in [-0.2, -0.15) is 46.5 Å². The van der Waals surface area contributed by atoms with Crippen LogP contribution in [0.3, 0.4) is 0 Å². The molecule has 0 spiro atoms. The molecule has 0 unspecified atom stereocenters. The zero-order valence-electron chi connectivity index (χ0n) is 31.5. The molecule has 5 aromatic heterocycles. The minimum atomic E-state index is -4.61. The molecule has 3 N–H and O–H groups in total. The van der Waals surface area contributed by atoms with Crippen molar-refractivity contribution in [1.82, 2.24) is 39.5 Å². The van der Waals surface area contributed by atoms with E-state index in [0.717, 1.165) is 24.3 Å². The molecule has 0 radical (unpaired) electrons. The first-order valence-corrected chi connectivity index (χ1v) is 19.2. The molecule has 0 aliphatic heterocycles. The van der Waals surface area contributed by atoms with Crippen LogP contribution in [-0.2, 0) is 34.5 Å². The number of oxazole rings is 1. The quantitative estimate of drug-likeness (QED) is 0.100. The Balaban J connectivity index is 1.13. The van der Waals surface area contributed by atoms with E-state index < -0.39 is 39.1 Å². The number of halogens is 6. The maximum atomic E-state index is 13.9. The fourth-order valence-electron chi connectivity index (χ4n) is 6.00. The molecule has 306 valence electrons. The van der Waals surface area contributed by atoms with Gasteiger partial charge in [-0.05, 0) is 82.3 Å². The molecule has 5 heterocycles. The van der Waals surface area contributed by atoms with Crippen LogP contribution in [0.5, 0.6) is 0 Å². The first kappa shape index (κ1) is 40.4. The predicted molar refractivity (Wildman–Crippen MR) is 204 cm³/mol. The SMILES string of the molecule is Cc1cc(C)n(-c2cc(S(=O)(=O)Cc3cnc(CNc4cc(Nc5cccc(C(F)(F)F)c5)nc(-n5nc(C)cc5C)n4)o3)cc(Nc3cccc(C(F)(F)F)c3)n2)n1. The highest BCUT2D eigenvalue weighted by molar-refractivity contribution is 7.90. The molecular formula is C38H33F6N11O3S. The highest BCUT2D eigenvalue weighted by Crippen LogP contribution is 2.33. The molecular weight excluding hydrogens is 805 g/mol. The minimum Gasteiger partial charge on any atom is -0.443 e. The zero-order valence-corrected chi connectivity index (χ0v) is 32.3. The highest BCUT2D eigenvalue weighted by atomic mass is 32.2. The van der Waals surface area contributed by atoms with E-state index in [-0.39, 0.29) is 63.7 Å². The van der Waals surface area contributed by atoms with Crippen molar-refractivity contribution in [3.05, 3.63) is 131 Å². The maximum Gasteiger partial charge on any atom is 0.416 e. The largest absolute Gasteiger partial charge is 0.443 e. The normalized spacial score (nSPS) is 12.2. The Morgan fingerprint density at radius 2 is 1.24 bits per heavy atom. The van der Waals surface area contributed by atoms with E-state index in [0.29, 0.717) is 22.8 Å². The minimum absolute atomic E-state index is 0.0257. The van der Waals surface area contributed by atoms with Crippen molar-refractivity contribution in [3.8, 4) is 11.8 Å². The lowest BCUT2D eigenvalue weighted by Crippen LogP contribution is -2.11. The fraction of sp³-hybridized carbons (Fsp3) is 0.211. The van der Waals surface area contributed by atoms with Gasteiger partial charge in [-0.3, -0.25) is 0 Å². The molecule has 14 nitrogen and oxygen atoms in total. The van der Waals surface area contributed by atoms with Gasteiger partial charge in [-0.15, -0.1) is 0 Å². The number of anilines is 5. The van der Waals surface area contributed by atoms with Crippen molar-refractivity contribution in [2.75, 3.05) is 16.0 Å². The van der Waals surface area contributed by atoms with E-state index in [4.69, 9.17) is 4.42 Å². The smallest absolute Gasteiger partial charge is 0.416 e. The average molecular weight is 838 g/mol. The monoisotopic (exact) mass is 837 g/mol. The summed E-state index contributed by atoms with van der Waals surface area (Å²) in [6, 6.07) is 16.5. The van der Waals surface area contributed by atoms with Crippen LogP contribution in [0.2, 0.25) is 0 Å². The van der Waals surface area contributed by atoms with Crippen molar-refractivity contribution in [2.45, 2.75) is 57.2 Å². The Morgan fingerprint density at radius 3 is 1.80 bits per heavy atom. The molecule has 0 amide bonds. The predicted octanol–water partition coefficient (Wildman–Crippen LogP) is 8.58. The van der Waals surface area contributed by atoms with Crippen molar-refractivity contribution in [2.24, 2.45) is 0 Å². The standard InChI is InChI=1S/C38H33F6N11O3S/c1-21-11-23(3)54(52-21)34-16-30(15-32(49-34)47-27-9-5-7-25(13-27)37(39,40)41)59(56,57)20-29-18-46-35(58-29)19-45-31-17-33(48-28-10-6-8-26(14-28)38(42,43)44)51-36(50-31)55-24(4)12-22(2)53-55/h5-18H,19-20H2,1-4H3,(H,47,49)(H2,45,48,50,51). The third-order valence-electron chi connectivity index (χ3n) is 8.56. The summed E-state index contributed by atoms with van der Waals surface area (Å²) in [6.45, 7) is 6.94. The second kappa shape index (κ2) is 15.5. The summed E-state index contributed by atoms with van der Waals surface area (Å²) in [7, 11) is -4.20. The van der Waals surface area contributed by atoms with Gasteiger partial charge in [0.05, 0.1) is 40.2 Å². The van der Waals surface area contributed by atoms with Gasteiger partial charge in [-0.1, -0.05) is 12.1 Å². The summed E-state index contributed by atoms with van der Waals surface area (Å²) >= 11 is 0. The van der Waals surface area contributed by atoms with E-state index >= 15 is 0 Å². The van der Waals surface area contributed by atoms with Gasteiger partial charge in [0.25, 0.3) is 5.95 Å². The van der Waals surface area contributed by atoms with Gasteiger partial charge in [0.1, 0.15) is 29.0 Å². The Labute approximate surface area is 332 Å². The molecule has 59 heavy (non-hydrogen) atoms.